The molecule has 12 heteroatoms. The van der Waals surface area contributed by atoms with E-state index < -0.39 is 9.84 Å². The van der Waals surface area contributed by atoms with Crippen LogP contribution in [0.4, 0.5) is 0 Å². The van der Waals surface area contributed by atoms with Crippen molar-refractivity contribution >= 4 is 43.5 Å². The van der Waals surface area contributed by atoms with E-state index in [9.17, 15) is 13.2 Å². The number of pyridine rings is 1. The zero-order valence-corrected chi connectivity index (χ0v) is 22.8. The highest BCUT2D eigenvalue weighted by Crippen LogP contribution is 2.38. The van der Waals surface area contributed by atoms with Crippen molar-refractivity contribution in [2.75, 3.05) is 20.0 Å². The van der Waals surface area contributed by atoms with Crippen LogP contribution in [0.1, 0.15) is 32.9 Å². The minimum atomic E-state index is -3.41. The largest absolute Gasteiger partial charge is 0.486 e. The molecule has 0 bridgehead atoms. The Kier molecular flexibility index (Phi) is 8.10. The quantitative estimate of drug-likeness (QED) is 0.369. The van der Waals surface area contributed by atoms with Crippen LogP contribution in [0.5, 0.6) is 17.2 Å². The fourth-order valence-corrected chi connectivity index (χ4v) is 5.64. The van der Waals surface area contributed by atoms with Gasteiger partial charge in [-0.1, -0.05) is 18.7 Å². The maximum Gasteiger partial charge on any atom is 0.303 e. The van der Waals surface area contributed by atoms with Crippen LogP contribution >= 0.6 is 11.8 Å². The third kappa shape index (κ3) is 6.43. The van der Waals surface area contributed by atoms with Crippen LogP contribution in [0.15, 0.2) is 46.5 Å². The van der Waals surface area contributed by atoms with Gasteiger partial charge in [-0.3, -0.25) is 9.79 Å². The van der Waals surface area contributed by atoms with Gasteiger partial charge in [0.05, 0.1) is 30.1 Å². The molecule has 4 rings (SSSR count). The molecule has 1 aromatic carbocycles. The van der Waals surface area contributed by atoms with E-state index in [0.717, 1.165) is 34.3 Å². The molecule has 3 unspecified atom stereocenters. The first-order chi connectivity index (χ1) is 17.6. The molecule has 3 heterocycles. The summed E-state index contributed by atoms with van der Waals surface area (Å²) in [6.07, 6.45) is 2.97. The Morgan fingerprint density at radius 2 is 2.00 bits per heavy atom. The number of carbonyl (C=O) groups excluding carboxylic acids is 1. The van der Waals surface area contributed by atoms with E-state index in [1.165, 1.54) is 30.9 Å². The molecular formula is C25H29N3O7S2. The third-order valence-electron chi connectivity index (χ3n) is 5.48. The van der Waals surface area contributed by atoms with Crippen molar-refractivity contribution in [3.05, 3.63) is 42.2 Å². The van der Waals surface area contributed by atoms with Gasteiger partial charge in [-0.05, 0) is 37.6 Å². The molecule has 0 saturated heterocycles. The molecule has 0 spiro atoms. The molecule has 1 N–H and O–H groups in total. The molecule has 37 heavy (non-hydrogen) atoms. The number of fused-ring (bicyclic) bond motifs is 1. The van der Waals surface area contributed by atoms with Crippen molar-refractivity contribution < 1.29 is 32.2 Å². The summed E-state index contributed by atoms with van der Waals surface area (Å²) in [5, 5.41) is 1.53. The van der Waals surface area contributed by atoms with E-state index >= 15 is 0 Å². The lowest BCUT2D eigenvalue weighted by molar-refractivity contribution is -0.142. The van der Waals surface area contributed by atoms with E-state index in [4.69, 9.17) is 23.9 Å². The summed E-state index contributed by atoms with van der Waals surface area (Å²) < 4.78 is 46.2. The maximum absolute atomic E-state index is 11.7. The molecule has 1 aliphatic rings. The number of carbonyl (C=O) groups is 1. The highest BCUT2D eigenvalue weighted by Gasteiger charge is 2.33. The monoisotopic (exact) mass is 547 g/mol. The molecular weight excluding hydrogens is 518 g/mol. The van der Waals surface area contributed by atoms with Gasteiger partial charge in [-0.2, -0.15) is 0 Å². The van der Waals surface area contributed by atoms with Crippen molar-refractivity contribution in [3.63, 3.8) is 0 Å². The molecule has 0 amide bonds. The summed E-state index contributed by atoms with van der Waals surface area (Å²) in [6.45, 7) is 5.68. The molecule has 3 atom stereocenters. The van der Waals surface area contributed by atoms with Crippen molar-refractivity contribution in [1.82, 2.24) is 9.97 Å². The topological polar surface area (TPSA) is 129 Å². The first kappa shape index (κ1) is 27.0. The highest BCUT2D eigenvalue weighted by molar-refractivity contribution is 8.15. The number of hydrogen-bond donors (Lipinski definition) is 1. The van der Waals surface area contributed by atoms with Crippen molar-refractivity contribution in [2.24, 2.45) is 4.99 Å². The Morgan fingerprint density at radius 3 is 2.62 bits per heavy atom. The lowest BCUT2D eigenvalue weighted by Crippen LogP contribution is -2.22. The number of H-pyrrole nitrogens is 1. The van der Waals surface area contributed by atoms with Crippen molar-refractivity contribution in [1.29, 1.82) is 0 Å². The fraction of sp³-hybridized carbons (Fsp3) is 0.400. The van der Waals surface area contributed by atoms with Gasteiger partial charge < -0.3 is 23.9 Å². The molecule has 2 aromatic heterocycles. The van der Waals surface area contributed by atoms with Gasteiger partial charge in [-0.15, -0.1) is 0 Å². The number of nitrogens with one attached hydrogen (secondary N) is 1. The standard InChI is InChI=1S/C25H29N3O7S2/c1-6-19-25(34-15(3)29)36-24(28-19)20-10-16-9-18(11-21(23(16)27-20)33-14(2)13-32-4)35-17-7-8-22(26-12-17)37(5,30)31/h7-12,14,19,25,27H,6,13H2,1-5H3. The minimum absolute atomic E-state index is 0.0322. The zero-order chi connectivity index (χ0) is 26.7. The summed E-state index contributed by atoms with van der Waals surface area (Å²) in [6, 6.07) is 8.35. The SMILES string of the molecule is CCC1N=C(c2cc3cc(Oc4ccc(S(C)(=O)=O)nc4)cc(OC(C)COC)c3[nH]2)SC1OC(C)=O. The van der Waals surface area contributed by atoms with Gasteiger partial charge >= 0.3 is 5.97 Å². The average molecular weight is 548 g/mol. The molecule has 1 aliphatic heterocycles. The molecule has 0 fully saturated rings. The Morgan fingerprint density at radius 1 is 1.22 bits per heavy atom. The molecule has 0 aliphatic carbocycles. The van der Waals surface area contributed by atoms with E-state index in [-0.39, 0.29) is 28.6 Å². The number of methoxy groups -OCH3 is 1. The number of aromatic amines is 1. The van der Waals surface area contributed by atoms with Crippen LogP contribution in [0.2, 0.25) is 0 Å². The number of ether oxygens (including phenoxy) is 4. The number of hydrogen-bond acceptors (Lipinski definition) is 10. The predicted octanol–water partition coefficient (Wildman–Crippen LogP) is 4.33. The summed E-state index contributed by atoms with van der Waals surface area (Å²) in [5.41, 5.74) is 1.15. The van der Waals surface area contributed by atoms with E-state index in [0.29, 0.717) is 23.9 Å². The normalized spacial score (nSPS) is 18.5. The first-order valence-corrected chi connectivity index (χ1v) is 14.4. The van der Waals surface area contributed by atoms with Gasteiger partial charge in [0.25, 0.3) is 0 Å². The number of esters is 1. The van der Waals surface area contributed by atoms with Gasteiger partial charge in [0, 0.05) is 31.7 Å². The molecule has 198 valence electrons. The van der Waals surface area contributed by atoms with Crippen LogP contribution in [0, 0.1) is 0 Å². The summed E-state index contributed by atoms with van der Waals surface area (Å²) in [5.74, 6) is 1.07. The van der Waals surface area contributed by atoms with Crippen LogP contribution < -0.4 is 9.47 Å². The molecule has 3 aromatic rings. The Labute approximate surface area is 219 Å². The van der Waals surface area contributed by atoms with Gasteiger partial charge in [-0.25, -0.2) is 13.4 Å². The number of benzene rings is 1. The lowest BCUT2D eigenvalue weighted by atomic mass is 10.2. The van der Waals surface area contributed by atoms with E-state index in [1.807, 2.05) is 26.0 Å². The van der Waals surface area contributed by atoms with Crippen molar-refractivity contribution in [2.45, 2.75) is 49.8 Å². The van der Waals surface area contributed by atoms with Crippen molar-refractivity contribution in [3.8, 4) is 17.2 Å². The Bertz CT molecular complexity index is 1420. The Balaban J connectivity index is 1.68. The predicted molar refractivity (Wildman–Crippen MR) is 141 cm³/mol. The fourth-order valence-electron chi connectivity index (χ4n) is 3.83. The minimum Gasteiger partial charge on any atom is -0.486 e. The molecule has 10 nitrogen and oxygen atoms in total. The average Bonchev–Trinajstić information content (AvgIpc) is 3.42. The number of sulfone groups is 1. The smallest absolute Gasteiger partial charge is 0.303 e. The maximum atomic E-state index is 11.7. The summed E-state index contributed by atoms with van der Waals surface area (Å²) >= 11 is 1.40. The van der Waals surface area contributed by atoms with Gasteiger partial charge in [0.1, 0.15) is 28.4 Å². The number of rotatable bonds is 10. The summed E-state index contributed by atoms with van der Waals surface area (Å²) in [4.78, 5) is 23.7. The number of aromatic nitrogens is 2. The molecule has 0 radical (unpaired) electrons. The van der Waals surface area contributed by atoms with Crippen LogP contribution in [-0.2, 0) is 24.1 Å². The highest BCUT2D eigenvalue weighted by atomic mass is 32.2. The van der Waals surface area contributed by atoms with Crippen LogP contribution in [-0.4, -0.2) is 67.0 Å². The lowest BCUT2D eigenvalue weighted by Gasteiger charge is -2.16. The number of aliphatic imine (C=N–C) groups is 1. The van der Waals surface area contributed by atoms with Crippen LogP contribution in [0.25, 0.3) is 10.9 Å². The second kappa shape index (κ2) is 11.1. The first-order valence-electron chi connectivity index (χ1n) is 11.7. The summed E-state index contributed by atoms with van der Waals surface area (Å²) in [7, 11) is -1.81. The Hall–Kier alpha value is -3.09. The number of nitrogens with zero attached hydrogens (tertiary/aromatic N) is 2. The van der Waals surface area contributed by atoms with E-state index in [2.05, 4.69) is 9.97 Å². The third-order valence-corrected chi connectivity index (χ3v) is 7.67. The van der Waals surface area contributed by atoms with Gasteiger partial charge in [0.15, 0.2) is 20.3 Å². The molecule has 0 saturated carbocycles. The van der Waals surface area contributed by atoms with Gasteiger partial charge in [0.2, 0.25) is 0 Å². The van der Waals surface area contributed by atoms with Crippen LogP contribution in [0.3, 0.4) is 0 Å². The number of thioether (sulfide) groups is 1. The second-order valence-corrected chi connectivity index (χ2v) is 11.7. The van der Waals surface area contributed by atoms with E-state index in [1.54, 1.807) is 19.2 Å². The zero-order valence-electron chi connectivity index (χ0n) is 21.2. The second-order valence-electron chi connectivity index (χ2n) is 8.66.